The standard InChI is InChI=1S/C19H15N3/c1-3-7-15(8-4-1)13-17-19(16-9-5-2-6-10-16)21-18-14-20-11-12-22(17)18/h1-12,14H,13H2. The van der Waals surface area contributed by atoms with E-state index in [0.717, 1.165) is 23.3 Å². The quantitative estimate of drug-likeness (QED) is 0.570. The van der Waals surface area contributed by atoms with E-state index in [-0.39, 0.29) is 0 Å². The van der Waals surface area contributed by atoms with Gasteiger partial charge in [-0.2, -0.15) is 0 Å². The Morgan fingerprint density at radius 2 is 1.59 bits per heavy atom. The van der Waals surface area contributed by atoms with Crippen molar-refractivity contribution in [1.29, 1.82) is 0 Å². The van der Waals surface area contributed by atoms with Gasteiger partial charge in [-0.05, 0) is 5.56 Å². The van der Waals surface area contributed by atoms with E-state index < -0.39 is 0 Å². The van der Waals surface area contributed by atoms with Crippen LogP contribution in [0.3, 0.4) is 0 Å². The van der Waals surface area contributed by atoms with Crippen LogP contribution >= 0.6 is 0 Å². The van der Waals surface area contributed by atoms with Gasteiger partial charge in [0, 0.05) is 24.4 Å². The minimum Gasteiger partial charge on any atom is -0.300 e. The normalized spacial score (nSPS) is 10.9. The van der Waals surface area contributed by atoms with Crippen molar-refractivity contribution in [1.82, 2.24) is 14.4 Å². The van der Waals surface area contributed by atoms with Crippen LogP contribution in [0.2, 0.25) is 0 Å². The Hall–Kier alpha value is -2.94. The summed E-state index contributed by atoms with van der Waals surface area (Å²) in [7, 11) is 0. The van der Waals surface area contributed by atoms with E-state index in [9.17, 15) is 0 Å². The third-order valence-corrected chi connectivity index (χ3v) is 3.79. The molecule has 0 aliphatic carbocycles. The zero-order valence-electron chi connectivity index (χ0n) is 12.1. The van der Waals surface area contributed by atoms with Gasteiger partial charge in [0.25, 0.3) is 0 Å². The van der Waals surface area contributed by atoms with Crippen LogP contribution in [0.4, 0.5) is 0 Å². The number of hydrogen-bond donors (Lipinski definition) is 0. The number of nitrogens with zero attached hydrogens (tertiary/aromatic N) is 3. The van der Waals surface area contributed by atoms with Gasteiger partial charge >= 0.3 is 0 Å². The number of fused-ring (bicyclic) bond motifs is 1. The van der Waals surface area contributed by atoms with Gasteiger partial charge in [0.05, 0.1) is 17.6 Å². The summed E-state index contributed by atoms with van der Waals surface area (Å²) in [6.45, 7) is 0. The molecule has 0 saturated heterocycles. The summed E-state index contributed by atoms with van der Waals surface area (Å²) in [5, 5.41) is 0. The Morgan fingerprint density at radius 1 is 0.864 bits per heavy atom. The molecule has 0 aliphatic heterocycles. The molecule has 0 atom stereocenters. The van der Waals surface area contributed by atoms with Gasteiger partial charge in [-0.3, -0.25) is 4.98 Å². The lowest BCUT2D eigenvalue weighted by molar-refractivity contribution is 1.01. The molecule has 3 heteroatoms. The highest BCUT2D eigenvalue weighted by atomic mass is 15.0. The zero-order valence-corrected chi connectivity index (χ0v) is 12.1. The first-order chi connectivity index (χ1) is 10.9. The SMILES string of the molecule is c1ccc(Cc2c(-c3ccccc3)nc3cnccn23)cc1. The summed E-state index contributed by atoms with van der Waals surface area (Å²) in [4.78, 5) is 8.96. The Labute approximate surface area is 128 Å². The van der Waals surface area contributed by atoms with Crippen LogP contribution in [0.15, 0.2) is 79.3 Å². The second-order valence-electron chi connectivity index (χ2n) is 5.24. The minimum atomic E-state index is 0.843. The lowest BCUT2D eigenvalue weighted by Gasteiger charge is -2.05. The van der Waals surface area contributed by atoms with Gasteiger partial charge < -0.3 is 4.40 Å². The molecule has 0 fully saturated rings. The maximum absolute atomic E-state index is 4.78. The van der Waals surface area contributed by atoms with Crippen LogP contribution in [0.5, 0.6) is 0 Å². The fourth-order valence-electron chi connectivity index (χ4n) is 2.74. The Bertz CT molecular complexity index is 896. The minimum absolute atomic E-state index is 0.843. The number of benzene rings is 2. The van der Waals surface area contributed by atoms with Crippen molar-refractivity contribution >= 4 is 5.65 Å². The molecule has 4 aromatic rings. The van der Waals surface area contributed by atoms with Gasteiger partial charge in [-0.15, -0.1) is 0 Å². The highest BCUT2D eigenvalue weighted by Crippen LogP contribution is 2.26. The van der Waals surface area contributed by atoms with Crippen LogP contribution < -0.4 is 0 Å². The molecule has 106 valence electrons. The summed E-state index contributed by atoms with van der Waals surface area (Å²) in [6.07, 6.45) is 6.43. The predicted molar refractivity (Wildman–Crippen MR) is 87.7 cm³/mol. The second kappa shape index (κ2) is 5.45. The molecule has 3 nitrogen and oxygen atoms in total. The van der Waals surface area contributed by atoms with Crippen molar-refractivity contribution < 1.29 is 0 Å². The molecule has 0 radical (unpaired) electrons. The molecule has 2 heterocycles. The monoisotopic (exact) mass is 285 g/mol. The third kappa shape index (κ3) is 2.27. The summed E-state index contributed by atoms with van der Waals surface area (Å²) in [5.41, 5.74) is 5.51. The molecular formula is C19H15N3. The second-order valence-corrected chi connectivity index (χ2v) is 5.24. The van der Waals surface area contributed by atoms with Crippen molar-refractivity contribution in [2.24, 2.45) is 0 Å². The molecule has 0 spiro atoms. The van der Waals surface area contributed by atoms with Crippen molar-refractivity contribution in [2.75, 3.05) is 0 Å². The predicted octanol–water partition coefficient (Wildman–Crippen LogP) is 3.99. The molecule has 0 bridgehead atoms. The van der Waals surface area contributed by atoms with Gasteiger partial charge in [-0.25, -0.2) is 4.98 Å². The number of imidazole rings is 1. The summed E-state index contributed by atoms with van der Waals surface area (Å²) < 4.78 is 2.13. The van der Waals surface area contributed by atoms with E-state index in [2.05, 4.69) is 45.8 Å². The first-order valence-electron chi connectivity index (χ1n) is 7.32. The van der Waals surface area contributed by atoms with Crippen LogP contribution in [-0.2, 0) is 6.42 Å². The topological polar surface area (TPSA) is 30.2 Å². The Morgan fingerprint density at radius 3 is 2.36 bits per heavy atom. The van der Waals surface area contributed by atoms with Crippen molar-refractivity contribution in [2.45, 2.75) is 6.42 Å². The van der Waals surface area contributed by atoms with Crippen LogP contribution in [0, 0.1) is 0 Å². The number of rotatable bonds is 3. The molecule has 2 aromatic carbocycles. The van der Waals surface area contributed by atoms with Crippen molar-refractivity contribution in [3.63, 3.8) is 0 Å². The van der Waals surface area contributed by atoms with Crippen molar-refractivity contribution in [3.05, 3.63) is 90.5 Å². The molecule has 0 unspecified atom stereocenters. The van der Waals surface area contributed by atoms with E-state index in [1.165, 1.54) is 11.3 Å². The molecule has 0 N–H and O–H groups in total. The largest absolute Gasteiger partial charge is 0.300 e. The average Bonchev–Trinajstić information content (AvgIpc) is 2.95. The van der Waals surface area contributed by atoms with E-state index >= 15 is 0 Å². The third-order valence-electron chi connectivity index (χ3n) is 3.79. The fraction of sp³-hybridized carbons (Fsp3) is 0.0526. The first kappa shape index (κ1) is 12.8. The summed E-state index contributed by atoms with van der Waals surface area (Å²) in [6, 6.07) is 20.8. The van der Waals surface area contributed by atoms with Gasteiger partial charge in [0.1, 0.15) is 0 Å². The highest BCUT2D eigenvalue weighted by molar-refractivity contribution is 5.66. The highest BCUT2D eigenvalue weighted by Gasteiger charge is 2.14. The van der Waals surface area contributed by atoms with E-state index in [0.29, 0.717) is 0 Å². The molecule has 0 amide bonds. The summed E-state index contributed by atoms with van der Waals surface area (Å²) in [5.74, 6) is 0. The van der Waals surface area contributed by atoms with E-state index in [4.69, 9.17) is 4.98 Å². The summed E-state index contributed by atoms with van der Waals surface area (Å²) >= 11 is 0. The number of hydrogen-bond acceptors (Lipinski definition) is 2. The van der Waals surface area contributed by atoms with Crippen molar-refractivity contribution in [3.8, 4) is 11.3 Å². The molecule has 0 aliphatic rings. The number of aromatic nitrogens is 3. The Kier molecular flexibility index (Phi) is 3.16. The zero-order chi connectivity index (χ0) is 14.8. The van der Waals surface area contributed by atoms with Gasteiger partial charge in [0.2, 0.25) is 0 Å². The van der Waals surface area contributed by atoms with Crippen LogP contribution in [-0.4, -0.2) is 14.4 Å². The van der Waals surface area contributed by atoms with Crippen LogP contribution in [0.1, 0.15) is 11.3 Å². The smallest absolute Gasteiger partial charge is 0.156 e. The molecule has 2 aromatic heterocycles. The lowest BCUT2D eigenvalue weighted by Crippen LogP contribution is -1.96. The fourth-order valence-corrected chi connectivity index (χ4v) is 2.74. The molecule has 22 heavy (non-hydrogen) atoms. The maximum Gasteiger partial charge on any atom is 0.156 e. The molecule has 4 rings (SSSR count). The van der Waals surface area contributed by atoms with E-state index in [1.807, 2.05) is 30.5 Å². The first-order valence-corrected chi connectivity index (χ1v) is 7.32. The van der Waals surface area contributed by atoms with Crippen LogP contribution in [0.25, 0.3) is 16.9 Å². The average molecular weight is 285 g/mol. The van der Waals surface area contributed by atoms with E-state index in [1.54, 1.807) is 12.4 Å². The molecule has 0 saturated carbocycles. The maximum atomic E-state index is 4.78. The molecular weight excluding hydrogens is 270 g/mol. The van der Waals surface area contributed by atoms with Gasteiger partial charge in [0.15, 0.2) is 5.65 Å². The van der Waals surface area contributed by atoms with Gasteiger partial charge in [-0.1, -0.05) is 60.7 Å². The Balaban J connectivity index is 1.91. The lowest BCUT2D eigenvalue weighted by atomic mass is 10.0.